The molecule has 0 radical (unpaired) electrons. The van der Waals surface area contributed by atoms with E-state index in [0.29, 0.717) is 24.7 Å². The maximum Gasteiger partial charge on any atom is 0.0791 e. The predicted molar refractivity (Wildman–Crippen MR) is 72.7 cm³/mol. The van der Waals surface area contributed by atoms with Gasteiger partial charge in [-0.15, -0.1) is 0 Å². The maximum atomic E-state index is 10.1. The van der Waals surface area contributed by atoms with Crippen LogP contribution in [0, 0.1) is 0 Å². The van der Waals surface area contributed by atoms with E-state index in [0.717, 1.165) is 19.7 Å². The Balaban J connectivity index is 1.79. The van der Waals surface area contributed by atoms with Crippen molar-refractivity contribution in [3.8, 4) is 0 Å². The van der Waals surface area contributed by atoms with Gasteiger partial charge in [0.15, 0.2) is 0 Å². The number of morpholine rings is 1. The van der Waals surface area contributed by atoms with E-state index < -0.39 is 0 Å². The molecule has 3 unspecified atom stereocenters. The van der Waals surface area contributed by atoms with Crippen molar-refractivity contribution in [3.63, 3.8) is 0 Å². The first-order valence-corrected chi connectivity index (χ1v) is 7.44. The Bertz CT molecular complexity index is 246. The van der Waals surface area contributed by atoms with E-state index in [-0.39, 0.29) is 6.10 Å². The summed E-state index contributed by atoms with van der Waals surface area (Å²) < 4.78 is 5.85. The smallest absolute Gasteiger partial charge is 0.0791 e. The molecule has 0 amide bonds. The second-order valence-corrected chi connectivity index (χ2v) is 5.97. The molecule has 2 aliphatic rings. The van der Waals surface area contributed by atoms with Crippen LogP contribution in [0.1, 0.15) is 39.5 Å². The molecule has 0 spiro atoms. The van der Waals surface area contributed by atoms with Gasteiger partial charge in [-0.3, -0.25) is 4.90 Å². The summed E-state index contributed by atoms with van der Waals surface area (Å²) in [7, 11) is 0. The summed E-state index contributed by atoms with van der Waals surface area (Å²) in [5.41, 5.74) is 0. The van der Waals surface area contributed by atoms with Gasteiger partial charge in [-0.25, -0.2) is 0 Å². The van der Waals surface area contributed by atoms with E-state index in [1.54, 1.807) is 0 Å². The zero-order valence-electron chi connectivity index (χ0n) is 11.8. The predicted octanol–water partition coefficient (Wildman–Crippen LogP) is 0.989. The molecule has 1 heterocycles. The summed E-state index contributed by atoms with van der Waals surface area (Å²) >= 11 is 0. The molecule has 2 fully saturated rings. The fourth-order valence-electron chi connectivity index (χ4n) is 3.11. The molecule has 4 nitrogen and oxygen atoms in total. The van der Waals surface area contributed by atoms with Crippen LogP contribution in [0.3, 0.4) is 0 Å². The molecule has 0 aromatic rings. The van der Waals surface area contributed by atoms with Gasteiger partial charge in [0.25, 0.3) is 0 Å². The third kappa shape index (κ3) is 3.92. The Hall–Kier alpha value is -0.160. The average Bonchev–Trinajstić information content (AvgIpc) is 2.37. The van der Waals surface area contributed by atoms with Crippen LogP contribution >= 0.6 is 0 Å². The minimum Gasteiger partial charge on any atom is -0.390 e. The molecule has 1 saturated carbocycles. The van der Waals surface area contributed by atoms with Crippen molar-refractivity contribution in [1.82, 2.24) is 10.2 Å². The Morgan fingerprint density at radius 1 is 1.33 bits per heavy atom. The number of nitrogens with one attached hydrogen (secondary N) is 1. The normalized spacial score (nSPS) is 31.3. The Labute approximate surface area is 111 Å². The highest BCUT2D eigenvalue weighted by Gasteiger charge is 2.34. The van der Waals surface area contributed by atoms with Crippen molar-refractivity contribution >= 4 is 0 Å². The van der Waals surface area contributed by atoms with Crippen LogP contribution in [-0.4, -0.2) is 60.5 Å². The summed E-state index contributed by atoms with van der Waals surface area (Å²) in [5, 5.41) is 13.4. The fraction of sp³-hybridized carbons (Fsp3) is 1.00. The third-order valence-corrected chi connectivity index (χ3v) is 4.05. The first kappa shape index (κ1) is 14.3. The number of hydrogen-bond donors (Lipinski definition) is 2. The molecular formula is C14H28N2O2. The number of rotatable bonds is 5. The molecule has 2 rings (SSSR count). The Morgan fingerprint density at radius 3 is 2.89 bits per heavy atom. The van der Waals surface area contributed by atoms with Crippen molar-refractivity contribution in [2.24, 2.45) is 0 Å². The number of fused-ring (bicyclic) bond motifs is 1. The minimum absolute atomic E-state index is 0.270. The fourth-order valence-corrected chi connectivity index (χ4v) is 3.11. The van der Waals surface area contributed by atoms with Crippen LogP contribution in [-0.2, 0) is 4.74 Å². The second kappa shape index (κ2) is 6.85. The van der Waals surface area contributed by atoms with Gasteiger partial charge in [-0.05, 0) is 12.8 Å². The molecule has 4 heteroatoms. The topological polar surface area (TPSA) is 44.7 Å². The quantitative estimate of drug-likeness (QED) is 0.770. The minimum atomic E-state index is -0.270. The molecular weight excluding hydrogens is 228 g/mol. The highest BCUT2D eigenvalue weighted by atomic mass is 16.5. The van der Waals surface area contributed by atoms with Crippen LogP contribution in [0.4, 0.5) is 0 Å². The Kier molecular flexibility index (Phi) is 5.42. The first-order chi connectivity index (χ1) is 8.66. The largest absolute Gasteiger partial charge is 0.390 e. The van der Waals surface area contributed by atoms with Gasteiger partial charge in [0.05, 0.1) is 18.8 Å². The van der Waals surface area contributed by atoms with Crippen LogP contribution in [0.2, 0.25) is 0 Å². The van der Waals surface area contributed by atoms with E-state index in [4.69, 9.17) is 4.74 Å². The summed E-state index contributed by atoms with van der Waals surface area (Å²) in [4.78, 5) is 2.44. The molecule has 106 valence electrons. The van der Waals surface area contributed by atoms with Crippen LogP contribution < -0.4 is 5.32 Å². The molecule has 3 atom stereocenters. The van der Waals surface area contributed by atoms with Crippen molar-refractivity contribution in [1.29, 1.82) is 0 Å². The van der Waals surface area contributed by atoms with Crippen LogP contribution in [0.15, 0.2) is 0 Å². The average molecular weight is 256 g/mol. The Morgan fingerprint density at radius 2 is 2.11 bits per heavy atom. The summed E-state index contributed by atoms with van der Waals surface area (Å²) in [6, 6.07) is 0.980. The van der Waals surface area contributed by atoms with E-state index in [1.807, 2.05) is 0 Å². The summed E-state index contributed by atoms with van der Waals surface area (Å²) in [6.45, 7) is 7.49. The number of hydrogen-bond acceptors (Lipinski definition) is 4. The molecule has 1 aliphatic heterocycles. The molecule has 0 aromatic carbocycles. The lowest BCUT2D eigenvalue weighted by Gasteiger charge is -2.44. The highest BCUT2D eigenvalue weighted by molar-refractivity contribution is 4.88. The van der Waals surface area contributed by atoms with Gasteiger partial charge in [-0.1, -0.05) is 26.7 Å². The molecule has 1 aliphatic carbocycles. The lowest BCUT2D eigenvalue weighted by molar-refractivity contribution is -0.0969. The van der Waals surface area contributed by atoms with Gasteiger partial charge < -0.3 is 15.2 Å². The molecule has 1 saturated heterocycles. The van der Waals surface area contributed by atoms with E-state index >= 15 is 0 Å². The van der Waals surface area contributed by atoms with E-state index in [1.165, 1.54) is 25.7 Å². The maximum absolute atomic E-state index is 10.1. The van der Waals surface area contributed by atoms with E-state index in [9.17, 15) is 5.11 Å². The monoisotopic (exact) mass is 256 g/mol. The number of ether oxygens (including phenoxy) is 1. The second-order valence-electron chi connectivity index (χ2n) is 5.97. The van der Waals surface area contributed by atoms with Gasteiger partial charge in [0.1, 0.15) is 0 Å². The van der Waals surface area contributed by atoms with Gasteiger partial charge >= 0.3 is 0 Å². The van der Waals surface area contributed by atoms with Gasteiger partial charge in [-0.2, -0.15) is 0 Å². The summed E-state index contributed by atoms with van der Waals surface area (Å²) in [5.74, 6) is 0. The number of aliphatic hydroxyl groups is 1. The zero-order chi connectivity index (χ0) is 13.0. The van der Waals surface area contributed by atoms with Crippen molar-refractivity contribution in [3.05, 3.63) is 0 Å². The van der Waals surface area contributed by atoms with Gasteiger partial charge in [0, 0.05) is 31.7 Å². The zero-order valence-corrected chi connectivity index (χ0v) is 11.8. The standard InChI is InChI=1S/C14H28N2O2/c1-11(2)15-9-12(17)10-16-7-8-18-14-6-4-3-5-13(14)16/h11-15,17H,3-10H2,1-2H3. The lowest BCUT2D eigenvalue weighted by Crippen LogP contribution is -2.55. The molecule has 2 N–H and O–H groups in total. The number of nitrogens with zero attached hydrogens (tertiary/aromatic N) is 1. The molecule has 0 bridgehead atoms. The van der Waals surface area contributed by atoms with Crippen molar-refractivity contribution in [2.75, 3.05) is 26.2 Å². The SMILES string of the molecule is CC(C)NCC(O)CN1CCOC2CCCCC21. The first-order valence-electron chi connectivity index (χ1n) is 7.44. The van der Waals surface area contributed by atoms with E-state index in [2.05, 4.69) is 24.1 Å². The third-order valence-electron chi connectivity index (χ3n) is 4.05. The molecule has 18 heavy (non-hydrogen) atoms. The molecule has 0 aromatic heterocycles. The number of β-amino-alcohol motifs (C(OH)–C–C–N with tert-alkyl or cyclic N) is 1. The van der Waals surface area contributed by atoms with Crippen LogP contribution in [0.5, 0.6) is 0 Å². The summed E-state index contributed by atoms with van der Waals surface area (Å²) in [6.07, 6.45) is 5.18. The highest BCUT2D eigenvalue weighted by Crippen LogP contribution is 2.28. The van der Waals surface area contributed by atoms with Gasteiger partial charge in [0.2, 0.25) is 0 Å². The lowest BCUT2D eigenvalue weighted by atomic mass is 9.90. The van der Waals surface area contributed by atoms with Crippen LogP contribution in [0.25, 0.3) is 0 Å². The van der Waals surface area contributed by atoms with Crippen molar-refractivity contribution < 1.29 is 9.84 Å². The number of aliphatic hydroxyl groups excluding tert-OH is 1. The van der Waals surface area contributed by atoms with Crippen molar-refractivity contribution in [2.45, 2.75) is 63.8 Å².